The van der Waals surface area contributed by atoms with Crippen LogP contribution in [0.15, 0.2) is 0 Å². The molecule has 0 aromatic heterocycles. The lowest BCUT2D eigenvalue weighted by Gasteiger charge is -1.98. The van der Waals surface area contributed by atoms with Gasteiger partial charge in [-0.05, 0) is 0 Å². The molecule has 0 fully saturated rings. The highest BCUT2D eigenvalue weighted by molar-refractivity contribution is 4.62. The van der Waals surface area contributed by atoms with E-state index in [2.05, 4.69) is 5.32 Å². The van der Waals surface area contributed by atoms with Crippen LogP contribution in [0.25, 0.3) is 0 Å². The van der Waals surface area contributed by atoms with Crippen LogP contribution in [-0.4, -0.2) is 31.5 Å². The minimum absolute atomic E-state index is 0.0343. The third-order valence-electron chi connectivity index (χ3n) is 0.686. The summed E-state index contributed by atoms with van der Waals surface area (Å²) in [7, 11) is 0. The van der Waals surface area contributed by atoms with Crippen molar-refractivity contribution in [2.24, 2.45) is 0 Å². The molecule has 0 heterocycles. The van der Waals surface area contributed by atoms with Crippen LogP contribution in [0.3, 0.4) is 0 Å². The van der Waals surface area contributed by atoms with Gasteiger partial charge in [-0.25, -0.2) is 0 Å². The first kappa shape index (κ1) is 8.21. The largest absolute Gasteiger partial charge is 0.394 e. The Kier molecular flexibility index (Phi) is 6.58. The minimum Gasteiger partial charge on any atom is -0.394 e. The van der Waals surface area contributed by atoms with Gasteiger partial charge in [0.2, 0.25) is 0 Å². The quantitative estimate of drug-likeness (QED) is 0.286. The van der Waals surface area contributed by atoms with E-state index in [0.29, 0.717) is 19.8 Å². The van der Waals surface area contributed by atoms with E-state index in [-0.39, 0.29) is 6.61 Å². The number of hydrogen-bond acceptors (Lipinski definition) is 4. The van der Waals surface area contributed by atoms with Gasteiger partial charge in [-0.2, -0.15) is 5.26 Å². The molecule has 0 radical (unpaired) electrons. The molecule has 0 spiro atoms. The highest BCUT2D eigenvalue weighted by atomic mass is 16.5. The van der Waals surface area contributed by atoms with E-state index in [9.17, 15) is 0 Å². The van der Waals surface area contributed by atoms with Gasteiger partial charge < -0.3 is 15.2 Å². The molecule has 0 aliphatic carbocycles. The molecular formula is C5H10N2O2. The summed E-state index contributed by atoms with van der Waals surface area (Å²) in [6.45, 7) is 1.35. The summed E-state index contributed by atoms with van der Waals surface area (Å²) < 4.78 is 4.82. The van der Waals surface area contributed by atoms with E-state index in [1.807, 2.05) is 0 Å². The van der Waals surface area contributed by atoms with E-state index >= 15 is 0 Å². The molecule has 0 aromatic rings. The van der Waals surface area contributed by atoms with E-state index in [1.165, 1.54) is 0 Å². The molecule has 4 heteroatoms. The second kappa shape index (κ2) is 7.21. The zero-order valence-electron chi connectivity index (χ0n) is 5.13. The van der Waals surface area contributed by atoms with Crippen LogP contribution in [-0.2, 0) is 4.74 Å². The van der Waals surface area contributed by atoms with Gasteiger partial charge in [-0.1, -0.05) is 0 Å². The number of nitriles is 1. The second-order valence-corrected chi connectivity index (χ2v) is 1.37. The SMILES string of the molecule is N#CNCCOCCO. The summed E-state index contributed by atoms with van der Waals surface area (Å²) in [5.41, 5.74) is 0. The number of hydrogen-bond donors (Lipinski definition) is 2. The summed E-state index contributed by atoms with van der Waals surface area (Å²) in [6, 6.07) is 0. The fourth-order valence-corrected chi connectivity index (χ4v) is 0.346. The van der Waals surface area contributed by atoms with Crippen LogP contribution >= 0.6 is 0 Å². The Morgan fingerprint density at radius 2 is 2.33 bits per heavy atom. The number of rotatable bonds is 5. The highest BCUT2D eigenvalue weighted by Gasteiger charge is 1.83. The summed E-state index contributed by atoms with van der Waals surface area (Å²) in [6.07, 6.45) is 1.75. The molecule has 0 saturated carbocycles. The highest BCUT2D eigenvalue weighted by Crippen LogP contribution is 1.69. The van der Waals surface area contributed by atoms with Crippen LogP contribution in [0.5, 0.6) is 0 Å². The molecule has 0 unspecified atom stereocenters. The molecule has 0 aromatic carbocycles. The Balaban J connectivity index is 2.69. The normalized spacial score (nSPS) is 8.44. The third kappa shape index (κ3) is 7.21. The molecule has 0 aliphatic rings. The van der Waals surface area contributed by atoms with Gasteiger partial charge in [0.25, 0.3) is 0 Å². The van der Waals surface area contributed by atoms with Crippen LogP contribution in [0, 0.1) is 11.5 Å². The standard InChI is InChI=1S/C5H10N2O2/c6-5-7-1-3-9-4-2-8/h7-8H,1-4H2. The molecule has 4 nitrogen and oxygen atoms in total. The van der Waals surface area contributed by atoms with Crippen molar-refractivity contribution in [1.29, 1.82) is 5.26 Å². The fourth-order valence-electron chi connectivity index (χ4n) is 0.346. The van der Waals surface area contributed by atoms with Crippen molar-refractivity contribution < 1.29 is 9.84 Å². The average Bonchev–Trinajstić information content (AvgIpc) is 1.89. The molecule has 0 amide bonds. The molecule has 9 heavy (non-hydrogen) atoms. The maximum Gasteiger partial charge on any atom is 0.176 e. The van der Waals surface area contributed by atoms with Crippen molar-refractivity contribution in [3.8, 4) is 6.19 Å². The van der Waals surface area contributed by atoms with Crippen molar-refractivity contribution in [2.75, 3.05) is 26.4 Å². The lowest BCUT2D eigenvalue weighted by molar-refractivity contribution is 0.0955. The smallest absolute Gasteiger partial charge is 0.176 e. The third-order valence-corrected chi connectivity index (χ3v) is 0.686. The van der Waals surface area contributed by atoms with Crippen molar-refractivity contribution in [2.45, 2.75) is 0 Å². The molecule has 52 valence electrons. The summed E-state index contributed by atoms with van der Waals surface area (Å²) >= 11 is 0. The van der Waals surface area contributed by atoms with Crippen LogP contribution in [0.4, 0.5) is 0 Å². The zero-order chi connectivity index (χ0) is 6.95. The lowest BCUT2D eigenvalue weighted by Crippen LogP contribution is -2.14. The second-order valence-electron chi connectivity index (χ2n) is 1.37. The molecule has 0 aliphatic heterocycles. The Labute approximate surface area is 54.0 Å². The van der Waals surface area contributed by atoms with Crippen LogP contribution in [0.2, 0.25) is 0 Å². The van der Waals surface area contributed by atoms with Crippen molar-refractivity contribution >= 4 is 0 Å². The molecule has 0 atom stereocenters. The molecule has 2 N–H and O–H groups in total. The fraction of sp³-hybridized carbons (Fsp3) is 0.800. The zero-order valence-corrected chi connectivity index (χ0v) is 5.13. The lowest BCUT2D eigenvalue weighted by atomic mass is 10.7. The number of ether oxygens (including phenoxy) is 1. The minimum atomic E-state index is 0.0343. The van der Waals surface area contributed by atoms with Crippen LogP contribution in [0.1, 0.15) is 0 Å². The molecule has 0 bridgehead atoms. The summed E-state index contributed by atoms with van der Waals surface area (Å²) in [5.74, 6) is 0. The predicted molar refractivity (Wildman–Crippen MR) is 31.5 cm³/mol. The Hall–Kier alpha value is -0.790. The molecular weight excluding hydrogens is 120 g/mol. The van der Waals surface area contributed by atoms with E-state index in [4.69, 9.17) is 15.1 Å². The number of aliphatic hydroxyl groups is 1. The van der Waals surface area contributed by atoms with Gasteiger partial charge in [0.05, 0.1) is 19.8 Å². The number of nitrogens with one attached hydrogen (secondary N) is 1. The van der Waals surface area contributed by atoms with Gasteiger partial charge in [-0.15, -0.1) is 0 Å². The maximum absolute atomic E-state index is 8.21. The Morgan fingerprint density at radius 3 is 2.89 bits per heavy atom. The van der Waals surface area contributed by atoms with Gasteiger partial charge in [0.1, 0.15) is 0 Å². The molecule has 0 saturated heterocycles. The van der Waals surface area contributed by atoms with Gasteiger partial charge in [-0.3, -0.25) is 0 Å². The first-order chi connectivity index (χ1) is 4.41. The van der Waals surface area contributed by atoms with Crippen LogP contribution < -0.4 is 5.32 Å². The van der Waals surface area contributed by atoms with E-state index in [0.717, 1.165) is 0 Å². The number of nitrogens with zero attached hydrogens (tertiary/aromatic N) is 1. The maximum atomic E-state index is 8.21. The Morgan fingerprint density at radius 1 is 1.56 bits per heavy atom. The van der Waals surface area contributed by atoms with Gasteiger partial charge >= 0.3 is 0 Å². The van der Waals surface area contributed by atoms with E-state index in [1.54, 1.807) is 6.19 Å². The van der Waals surface area contributed by atoms with Crippen molar-refractivity contribution in [1.82, 2.24) is 5.32 Å². The monoisotopic (exact) mass is 130 g/mol. The number of aliphatic hydroxyl groups excluding tert-OH is 1. The predicted octanol–water partition coefficient (Wildman–Crippen LogP) is -0.934. The first-order valence-corrected chi connectivity index (χ1v) is 2.72. The average molecular weight is 130 g/mol. The summed E-state index contributed by atoms with van der Waals surface area (Å²) in [5, 5.41) is 18.6. The van der Waals surface area contributed by atoms with Gasteiger partial charge in [0, 0.05) is 6.54 Å². The van der Waals surface area contributed by atoms with Crippen molar-refractivity contribution in [3.05, 3.63) is 0 Å². The van der Waals surface area contributed by atoms with Gasteiger partial charge in [0.15, 0.2) is 6.19 Å². The molecule has 0 rings (SSSR count). The first-order valence-electron chi connectivity index (χ1n) is 2.72. The topological polar surface area (TPSA) is 65.3 Å². The Bertz CT molecular complexity index is 89.4. The van der Waals surface area contributed by atoms with Crippen molar-refractivity contribution in [3.63, 3.8) is 0 Å². The summed E-state index contributed by atoms with van der Waals surface area (Å²) in [4.78, 5) is 0. The van der Waals surface area contributed by atoms with E-state index < -0.39 is 0 Å².